The van der Waals surface area contributed by atoms with Crippen molar-refractivity contribution in [1.82, 2.24) is 14.5 Å². The summed E-state index contributed by atoms with van der Waals surface area (Å²) in [6.45, 7) is 1.85. The van der Waals surface area contributed by atoms with Crippen LogP contribution in [0.3, 0.4) is 0 Å². The van der Waals surface area contributed by atoms with Gasteiger partial charge in [-0.1, -0.05) is 6.07 Å². The van der Waals surface area contributed by atoms with Crippen LogP contribution in [0.2, 0.25) is 0 Å². The van der Waals surface area contributed by atoms with Crippen molar-refractivity contribution in [2.75, 3.05) is 11.9 Å². The van der Waals surface area contributed by atoms with Crippen molar-refractivity contribution in [2.45, 2.75) is 62.5 Å². The molecule has 1 aromatic carbocycles. The lowest BCUT2D eigenvalue weighted by molar-refractivity contribution is -0.0325. The average molecular weight is 434 g/mol. The number of aliphatic hydroxyl groups is 1. The van der Waals surface area contributed by atoms with Crippen molar-refractivity contribution >= 4 is 22.0 Å². The molecule has 2 amide bonds. The summed E-state index contributed by atoms with van der Waals surface area (Å²) in [5.41, 5.74) is 4.76. The van der Waals surface area contributed by atoms with Crippen molar-refractivity contribution in [1.29, 1.82) is 0 Å². The Morgan fingerprint density at radius 1 is 1.27 bits per heavy atom. The smallest absolute Gasteiger partial charge is 0.330 e. The van der Waals surface area contributed by atoms with Crippen LogP contribution in [0, 0.1) is 0 Å². The van der Waals surface area contributed by atoms with E-state index in [2.05, 4.69) is 21.2 Å². The maximum absolute atomic E-state index is 13.2. The molecule has 30 heavy (non-hydrogen) atoms. The van der Waals surface area contributed by atoms with E-state index in [0.29, 0.717) is 0 Å². The Hall–Kier alpha value is -2.43. The van der Waals surface area contributed by atoms with Crippen LogP contribution in [0.5, 0.6) is 5.88 Å². The summed E-state index contributed by atoms with van der Waals surface area (Å²) in [5, 5.41) is 23.2. The number of ether oxygens (including phenoxy) is 1. The van der Waals surface area contributed by atoms with Gasteiger partial charge in [0, 0.05) is 16.0 Å². The number of nitrogens with two attached hydrogens (primary N) is 1. The molecule has 1 atom stereocenters. The molecule has 2 aliphatic carbocycles. The molecule has 0 unspecified atom stereocenters. The summed E-state index contributed by atoms with van der Waals surface area (Å²) in [6, 6.07) is 1.69. The molecule has 2 heterocycles. The van der Waals surface area contributed by atoms with Crippen molar-refractivity contribution in [3.05, 3.63) is 34.5 Å². The lowest BCUT2D eigenvalue weighted by Crippen LogP contribution is -2.46. The van der Waals surface area contributed by atoms with Gasteiger partial charge in [0.1, 0.15) is 17.1 Å². The zero-order valence-corrected chi connectivity index (χ0v) is 17.8. The Kier molecular flexibility index (Phi) is 4.42. The second-order valence-electron chi connectivity index (χ2n) is 8.74. The number of fused-ring (bicyclic) bond motifs is 3. The van der Waals surface area contributed by atoms with Gasteiger partial charge in [0.2, 0.25) is 5.88 Å². The van der Waals surface area contributed by atoms with Crippen LogP contribution < -0.4 is 19.9 Å². The van der Waals surface area contributed by atoms with E-state index < -0.39 is 21.9 Å². The van der Waals surface area contributed by atoms with E-state index in [1.807, 2.05) is 0 Å². The maximum atomic E-state index is 13.2. The quantitative estimate of drug-likeness (QED) is 0.461. The number of aromatic nitrogens is 2. The van der Waals surface area contributed by atoms with Crippen molar-refractivity contribution in [2.24, 2.45) is 5.14 Å². The normalized spacial score (nSPS) is 22.6. The number of hydrogen-bond acceptors (Lipinski definition) is 5. The predicted molar refractivity (Wildman–Crippen MR) is 113 cm³/mol. The molecule has 0 saturated carbocycles. The molecule has 0 fully saturated rings. The largest absolute Gasteiger partial charge is 0.474 e. The van der Waals surface area contributed by atoms with Crippen LogP contribution in [-0.2, 0) is 42.5 Å². The Labute approximate surface area is 175 Å². The Balaban J connectivity index is 1.38. The molecular formula is C20H27N5O4S. The third-order valence-corrected chi connectivity index (χ3v) is 7.68. The van der Waals surface area contributed by atoms with Gasteiger partial charge < -0.3 is 15.2 Å². The molecule has 162 valence electrons. The Morgan fingerprint density at radius 2 is 1.93 bits per heavy atom. The number of hydrogen-bond donors (Lipinski definition) is 5. The third-order valence-electron chi connectivity index (χ3n) is 6.12. The number of urea groups is 1. The first-order valence-corrected chi connectivity index (χ1v) is 12.1. The fraction of sp³-hybridized carbons (Fsp3) is 0.500. The summed E-state index contributed by atoms with van der Waals surface area (Å²) < 4.78 is 22.6. The highest BCUT2D eigenvalue weighted by Crippen LogP contribution is 2.38. The highest BCUT2D eigenvalue weighted by atomic mass is 32.3. The van der Waals surface area contributed by atoms with E-state index in [1.54, 1.807) is 6.92 Å². The standard InChI is InChI=1S/C20H27N5O4S/c1-20(27)10-25-18(29-11-20)16(9-22-25)30(21,28)24-19(26)23-17-14-6-2-4-12(14)8-13-5-3-7-15(13)17/h8-9,27,30H,2-7,10-11H2,1H3,(H4,21,23,24,26,28)/t20-/m1/s1. The third kappa shape index (κ3) is 3.28. The number of carbonyl (C=O) groups is 1. The molecule has 1 aromatic heterocycles. The van der Waals surface area contributed by atoms with Gasteiger partial charge in [0.25, 0.3) is 0 Å². The summed E-state index contributed by atoms with van der Waals surface area (Å²) in [4.78, 5) is 12.9. The van der Waals surface area contributed by atoms with Gasteiger partial charge in [0.15, 0.2) is 0 Å². The fourth-order valence-corrected chi connectivity index (χ4v) is 5.93. The number of nitrogens with zero attached hydrogens (tertiary/aromatic N) is 2. The van der Waals surface area contributed by atoms with Gasteiger partial charge in [-0.15, -0.1) is 0 Å². The van der Waals surface area contributed by atoms with Gasteiger partial charge in [-0.2, -0.15) is 5.10 Å². The van der Waals surface area contributed by atoms with Crippen LogP contribution in [0.1, 0.15) is 42.0 Å². The van der Waals surface area contributed by atoms with Gasteiger partial charge in [-0.3, -0.25) is 9.86 Å². The monoisotopic (exact) mass is 433 g/mol. The lowest BCUT2D eigenvalue weighted by Gasteiger charge is -2.30. The molecule has 1 aliphatic heterocycles. The molecule has 10 heteroatoms. The second-order valence-corrected chi connectivity index (χ2v) is 10.8. The topological polar surface area (TPSA) is 132 Å². The number of nitrogens with one attached hydrogen (secondary N) is 2. The Bertz CT molecular complexity index is 1060. The minimum atomic E-state index is -3.78. The minimum absolute atomic E-state index is 0.0280. The summed E-state index contributed by atoms with van der Waals surface area (Å²) >= 11 is 0. The maximum Gasteiger partial charge on any atom is 0.330 e. The summed E-state index contributed by atoms with van der Waals surface area (Å²) in [6.07, 6.45) is 7.40. The summed E-state index contributed by atoms with van der Waals surface area (Å²) in [5.74, 6) is 0.217. The lowest BCUT2D eigenvalue weighted by atomic mass is 9.99. The number of carbonyl (C=O) groups excluding carboxylic acids is 1. The van der Waals surface area contributed by atoms with E-state index in [0.717, 1.165) is 44.2 Å². The fourth-order valence-electron chi connectivity index (χ4n) is 4.77. The first-order chi connectivity index (χ1) is 14.2. The zero-order chi connectivity index (χ0) is 21.1. The van der Waals surface area contributed by atoms with Crippen LogP contribution >= 0.6 is 0 Å². The van der Waals surface area contributed by atoms with Crippen molar-refractivity contribution in [3.8, 4) is 5.88 Å². The first kappa shape index (κ1) is 19.5. The molecule has 0 spiro atoms. The van der Waals surface area contributed by atoms with Gasteiger partial charge >= 0.3 is 6.03 Å². The predicted octanol–water partition coefficient (Wildman–Crippen LogP) is 0.990. The van der Waals surface area contributed by atoms with Crippen molar-refractivity contribution < 1.29 is 18.8 Å². The van der Waals surface area contributed by atoms with E-state index in [1.165, 1.54) is 33.1 Å². The first-order valence-electron chi connectivity index (χ1n) is 10.3. The second kappa shape index (κ2) is 6.79. The SMILES string of the molecule is C[C@]1(O)COc2c([SH](N)(=O)NC(=O)Nc3c4c(cc5c3CCC5)CCC4)cnn2C1. The molecule has 5 rings (SSSR count). The number of thiol groups is 1. The molecule has 2 aromatic rings. The van der Waals surface area contributed by atoms with Gasteiger partial charge in [-0.05, 0) is 67.7 Å². The molecular weight excluding hydrogens is 406 g/mol. The zero-order valence-electron chi connectivity index (χ0n) is 16.9. The summed E-state index contributed by atoms with van der Waals surface area (Å²) in [7, 11) is -3.78. The van der Waals surface area contributed by atoms with E-state index >= 15 is 0 Å². The van der Waals surface area contributed by atoms with E-state index in [4.69, 9.17) is 9.88 Å². The highest BCUT2D eigenvalue weighted by Gasteiger charge is 2.34. The van der Waals surface area contributed by atoms with Crippen LogP contribution in [-0.4, -0.2) is 37.3 Å². The molecule has 9 nitrogen and oxygen atoms in total. The van der Waals surface area contributed by atoms with E-state index in [-0.39, 0.29) is 23.9 Å². The number of aryl methyl sites for hydroxylation is 2. The highest BCUT2D eigenvalue weighted by molar-refractivity contribution is 7.99. The number of amides is 2. The number of rotatable bonds is 3. The van der Waals surface area contributed by atoms with Crippen LogP contribution in [0.25, 0.3) is 0 Å². The van der Waals surface area contributed by atoms with Crippen LogP contribution in [0.4, 0.5) is 10.5 Å². The molecule has 0 saturated heterocycles. The van der Waals surface area contributed by atoms with E-state index in [9.17, 15) is 14.1 Å². The number of anilines is 1. The molecule has 5 N–H and O–H groups in total. The molecule has 0 radical (unpaired) electrons. The molecule has 0 bridgehead atoms. The Morgan fingerprint density at radius 3 is 2.60 bits per heavy atom. The minimum Gasteiger partial charge on any atom is -0.474 e. The van der Waals surface area contributed by atoms with Crippen molar-refractivity contribution in [3.63, 3.8) is 0 Å². The average Bonchev–Trinajstić information content (AvgIpc) is 3.38. The van der Waals surface area contributed by atoms with Gasteiger partial charge in [-0.25, -0.2) is 13.7 Å². The number of benzene rings is 1. The molecule has 3 aliphatic rings. The van der Waals surface area contributed by atoms with Gasteiger partial charge in [0.05, 0.1) is 12.7 Å². The van der Waals surface area contributed by atoms with Crippen LogP contribution in [0.15, 0.2) is 17.2 Å².